The van der Waals surface area contributed by atoms with Crippen LogP contribution in [-0.4, -0.2) is 94.9 Å². The summed E-state index contributed by atoms with van der Waals surface area (Å²) in [7, 11) is 2.05. The van der Waals surface area contributed by atoms with Crippen molar-refractivity contribution in [3.8, 4) is 0 Å². The summed E-state index contributed by atoms with van der Waals surface area (Å²) in [6, 6.07) is 18.2. The molecule has 0 spiro atoms. The van der Waals surface area contributed by atoms with Crippen LogP contribution in [0.4, 0.5) is 4.79 Å². The van der Waals surface area contributed by atoms with Gasteiger partial charge in [-0.05, 0) is 38.4 Å². The number of hydrogen-bond acceptors (Lipinski definition) is 6. The number of carbonyl (C=O) groups is 3. The standard InChI is InChI=1S/C30H43N5O3S/c1-23(36)39-22-27(30(2,3)31)35(16-15-24-11-7-5-8-12-24)29(38)32-26(21-25-13-9-6-10-14-25)28(37)34-19-17-33(4)18-20-34/h5-14,26-27H,15-22,31H2,1-4H3,(H,32,38)/t26-,27?/m0/s1. The predicted molar refractivity (Wildman–Crippen MR) is 159 cm³/mol. The van der Waals surface area contributed by atoms with Gasteiger partial charge in [0.25, 0.3) is 0 Å². The number of carbonyl (C=O) groups excluding carboxylic acids is 3. The van der Waals surface area contributed by atoms with Crippen LogP contribution >= 0.6 is 11.8 Å². The Hall–Kier alpha value is -2.88. The van der Waals surface area contributed by atoms with Crippen LogP contribution in [0.3, 0.4) is 0 Å². The summed E-state index contributed by atoms with van der Waals surface area (Å²) in [5, 5.41) is 3.05. The number of nitrogens with zero attached hydrogens (tertiary/aromatic N) is 3. The zero-order valence-electron chi connectivity index (χ0n) is 23.6. The molecule has 2 atom stereocenters. The number of urea groups is 1. The lowest BCUT2D eigenvalue weighted by Gasteiger charge is -2.41. The van der Waals surface area contributed by atoms with Crippen molar-refractivity contribution in [3.63, 3.8) is 0 Å². The van der Waals surface area contributed by atoms with Crippen LogP contribution in [0.1, 0.15) is 31.9 Å². The lowest BCUT2D eigenvalue weighted by Crippen LogP contribution is -2.63. The molecule has 0 radical (unpaired) electrons. The number of benzene rings is 2. The molecule has 0 aromatic heterocycles. The van der Waals surface area contributed by atoms with E-state index < -0.39 is 17.6 Å². The summed E-state index contributed by atoms with van der Waals surface area (Å²) >= 11 is 1.16. The van der Waals surface area contributed by atoms with Crippen molar-refractivity contribution in [2.24, 2.45) is 5.73 Å². The predicted octanol–water partition coefficient (Wildman–Crippen LogP) is 3.01. The van der Waals surface area contributed by atoms with E-state index in [0.29, 0.717) is 38.2 Å². The first-order valence-corrected chi connectivity index (χ1v) is 14.6. The van der Waals surface area contributed by atoms with Gasteiger partial charge in [0.1, 0.15) is 6.04 Å². The van der Waals surface area contributed by atoms with Crippen molar-refractivity contribution in [2.45, 2.75) is 51.2 Å². The number of thioether (sulfide) groups is 1. The Labute approximate surface area is 237 Å². The Morgan fingerprint density at radius 1 is 0.974 bits per heavy atom. The van der Waals surface area contributed by atoms with Crippen molar-refractivity contribution in [2.75, 3.05) is 45.5 Å². The van der Waals surface area contributed by atoms with Crippen molar-refractivity contribution in [1.29, 1.82) is 0 Å². The molecular formula is C30H43N5O3S. The van der Waals surface area contributed by atoms with E-state index >= 15 is 0 Å². The van der Waals surface area contributed by atoms with Crippen LogP contribution in [0, 0.1) is 0 Å². The second-order valence-corrected chi connectivity index (χ2v) is 12.1. The van der Waals surface area contributed by atoms with Gasteiger partial charge in [-0.15, -0.1) is 0 Å². The quantitative estimate of drug-likeness (QED) is 0.444. The molecule has 3 amide bonds. The van der Waals surface area contributed by atoms with Gasteiger partial charge < -0.3 is 25.8 Å². The van der Waals surface area contributed by atoms with Gasteiger partial charge in [0.05, 0.1) is 6.04 Å². The third-order valence-corrected chi connectivity index (χ3v) is 8.01. The normalized spacial score (nSPS) is 15.9. The molecule has 1 fully saturated rings. The van der Waals surface area contributed by atoms with E-state index in [2.05, 4.69) is 10.2 Å². The van der Waals surface area contributed by atoms with E-state index in [9.17, 15) is 14.4 Å². The Morgan fingerprint density at radius 2 is 1.54 bits per heavy atom. The maximum Gasteiger partial charge on any atom is 0.318 e. The number of nitrogens with one attached hydrogen (secondary N) is 1. The average Bonchev–Trinajstić information content (AvgIpc) is 2.90. The molecule has 2 aromatic rings. The van der Waals surface area contributed by atoms with Crippen LogP contribution in [-0.2, 0) is 22.4 Å². The van der Waals surface area contributed by atoms with Crippen LogP contribution in [0.2, 0.25) is 0 Å². The molecule has 0 aliphatic carbocycles. The second-order valence-electron chi connectivity index (χ2n) is 10.9. The highest BCUT2D eigenvalue weighted by Crippen LogP contribution is 2.21. The maximum atomic E-state index is 14.0. The molecule has 1 unspecified atom stereocenters. The zero-order valence-corrected chi connectivity index (χ0v) is 24.5. The van der Waals surface area contributed by atoms with E-state index in [1.165, 1.54) is 6.92 Å². The number of rotatable bonds is 11. The van der Waals surface area contributed by atoms with Gasteiger partial charge in [-0.2, -0.15) is 0 Å². The molecule has 0 saturated carbocycles. The number of piperazine rings is 1. The number of likely N-dealkylation sites (N-methyl/N-ethyl adjacent to an activating group) is 1. The number of hydrogen-bond donors (Lipinski definition) is 2. The van der Waals surface area contributed by atoms with E-state index in [0.717, 1.165) is 36.0 Å². The molecule has 8 nitrogen and oxygen atoms in total. The first-order valence-electron chi connectivity index (χ1n) is 13.6. The Bertz CT molecular complexity index is 1070. The molecule has 1 aliphatic rings. The third-order valence-electron chi connectivity index (χ3n) is 7.12. The number of nitrogens with two attached hydrogens (primary N) is 1. The molecule has 39 heavy (non-hydrogen) atoms. The summed E-state index contributed by atoms with van der Waals surface area (Å²) < 4.78 is 0. The lowest BCUT2D eigenvalue weighted by molar-refractivity contribution is -0.134. The fraction of sp³-hybridized carbons (Fsp3) is 0.500. The average molecular weight is 554 g/mol. The minimum absolute atomic E-state index is 0.0279. The molecule has 3 rings (SSSR count). The fourth-order valence-electron chi connectivity index (χ4n) is 4.72. The topological polar surface area (TPSA) is 99.0 Å². The highest BCUT2D eigenvalue weighted by Gasteiger charge is 2.36. The fourth-order valence-corrected chi connectivity index (χ4v) is 5.73. The largest absolute Gasteiger partial charge is 0.338 e. The van der Waals surface area contributed by atoms with Crippen LogP contribution in [0.5, 0.6) is 0 Å². The van der Waals surface area contributed by atoms with Crippen LogP contribution < -0.4 is 11.1 Å². The van der Waals surface area contributed by atoms with Crippen LogP contribution in [0.15, 0.2) is 60.7 Å². The van der Waals surface area contributed by atoms with Gasteiger partial charge in [-0.3, -0.25) is 9.59 Å². The summed E-state index contributed by atoms with van der Waals surface area (Å²) in [5.41, 5.74) is 7.89. The summed E-state index contributed by atoms with van der Waals surface area (Å²) in [6.45, 7) is 8.52. The van der Waals surface area contributed by atoms with Crippen molar-refractivity contribution < 1.29 is 14.4 Å². The van der Waals surface area contributed by atoms with Gasteiger partial charge >= 0.3 is 6.03 Å². The first-order chi connectivity index (χ1) is 18.5. The maximum absolute atomic E-state index is 14.0. The molecule has 0 bridgehead atoms. The lowest BCUT2D eigenvalue weighted by atomic mass is 9.95. The van der Waals surface area contributed by atoms with E-state index in [1.54, 1.807) is 4.90 Å². The Morgan fingerprint density at radius 3 is 2.08 bits per heavy atom. The van der Waals surface area contributed by atoms with E-state index in [-0.39, 0.29) is 17.1 Å². The Balaban J connectivity index is 1.87. The smallest absolute Gasteiger partial charge is 0.318 e. The molecule has 2 aromatic carbocycles. The molecule has 1 saturated heterocycles. The van der Waals surface area contributed by atoms with Gasteiger partial charge in [-0.25, -0.2) is 4.79 Å². The van der Waals surface area contributed by atoms with E-state index in [4.69, 9.17) is 5.73 Å². The highest BCUT2D eigenvalue weighted by atomic mass is 32.2. The van der Waals surface area contributed by atoms with Crippen molar-refractivity contribution in [3.05, 3.63) is 71.8 Å². The minimum atomic E-state index is -0.771. The monoisotopic (exact) mass is 553 g/mol. The summed E-state index contributed by atoms with van der Waals surface area (Å²) in [5.74, 6) is 0.293. The third kappa shape index (κ3) is 9.67. The molecular weight excluding hydrogens is 510 g/mol. The van der Waals surface area contributed by atoms with Crippen molar-refractivity contribution >= 4 is 28.8 Å². The summed E-state index contributed by atoms with van der Waals surface area (Å²) in [6.07, 6.45) is 1.02. The minimum Gasteiger partial charge on any atom is -0.338 e. The van der Waals surface area contributed by atoms with Crippen LogP contribution in [0.25, 0.3) is 0 Å². The molecule has 1 aliphatic heterocycles. The molecule has 212 valence electrons. The van der Waals surface area contributed by atoms with Gasteiger partial charge in [0, 0.05) is 57.4 Å². The van der Waals surface area contributed by atoms with Crippen molar-refractivity contribution in [1.82, 2.24) is 20.0 Å². The highest BCUT2D eigenvalue weighted by molar-refractivity contribution is 8.13. The van der Waals surface area contributed by atoms with Gasteiger partial charge in [0.15, 0.2) is 5.12 Å². The second kappa shape index (κ2) is 14.5. The van der Waals surface area contributed by atoms with Gasteiger partial charge in [-0.1, -0.05) is 72.4 Å². The van der Waals surface area contributed by atoms with E-state index in [1.807, 2.05) is 86.5 Å². The zero-order chi connectivity index (χ0) is 28.4. The Kier molecular flexibility index (Phi) is 11.4. The molecule has 3 N–H and O–H groups in total. The SMILES string of the molecule is CC(=O)SCC(N(CCc1ccccc1)C(=O)N[C@@H](Cc1ccccc1)C(=O)N1CCN(C)CC1)C(C)(C)N. The first kappa shape index (κ1) is 30.7. The molecule has 9 heteroatoms. The molecule has 1 heterocycles. The van der Waals surface area contributed by atoms with Gasteiger partial charge in [0.2, 0.25) is 5.91 Å². The summed E-state index contributed by atoms with van der Waals surface area (Å²) in [4.78, 5) is 45.4. The number of amides is 3.